The van der Waals surface area contributed by atoms with Crippen molar-refractivity contribution in [3.8, 4) is 0 Å². The first kappa shape index (κ1) is 78.1. The van der Waals surface area contributed by atoms with E-state index in [1.165, 1.54) is 59.6 Å². The zero-order valence-corrected chi connectivity index (χ0v) is 64.5. The molecule has 0 radical (unpaired) electrons. The van der Waals surface area contributed by atoms with Crippen LogP contribution in [0.15, 0.2) is 214 Å². The Labute approximate surface area is 643 Å². The van der Waals surface area contributed by atoms with Gasteiger partial charge in [-0.1, -0.05) is 67.4 Å². The predicted octanol–water partition coefficient (Wildman–Crippen LogP) is 12.7. The number of carbonyl (C=O) groups excluding carboxylic acids is 4. The number of nitrogens with one attached hydrogen (secondary N) is 3. The number of halogens is 2. The van der Waals surface area contributed by atoms with Gasteiger partial charge in [-0.05, 0) is 152 Å². The topological polar surface area (TPSA) is 323 Å². The smallest absolute Gasteiger partial charge is 0.263 e. The zero-order valence-electron chi connectivity index (χ0n) is 58.9. The Balaban J connectivity index is 0.000000204. The molecule has 3 aliphatic rings. The number of nitrogens with zero attached hydrogens (tertiary/aromatic N) is 12. The first-order chi connectivity index (χ1) is 50.9. The first-order valence-electron chi connectivity index (χ1n) is 34.0. The number of hydrogen-bond acceptors (Lipinski definition) is 19. The Kier molecular flexibility index (Phi) is 25.0. The summed E-state index contributed by atoms with van der Waals surface area (Å²) < 4.78 is 86.8. The van der Waals surface area contributed by atoms with Crippen LogP contribution in [0.25, 0.3) is 21.8 Å². The van der Waals surface area contributed by atoms with Crippen LogP contribution >= 0.6 is 45.9 Å². The highest BCUT2D eigenvalue weighted by Gasteiger charge is 2.33. The summed E-state index contributed by atoms with van der Waals surface area (Å²) in [6.07, 6.45) is 10.2. The molecule has 6 aromatic carbocycles. The number of thiazole rings is 2. The Morgan fingerprint density at radius 2 is 1.17 bits per heavy atom. The van der Waals surface area contributed by atoms with E-state index in [9.17, 15) is 44.4 Å². The van der Waals surface area contributed by atoms with Crippen LogP contribution in [-0.4, -0.2) is 164 Å². The maximum Gasteiger partial charge on any atom is 0.263 e. The molecule has 6 N–H and O–H groups in total. The standard InChI is InChI=1S/C25H26ClN5O3S2.C25H28ClN5O3S.C24H23N5O4S2.H3N.3H2/c1-18-17-30(21-3-5-22(6-4-21)36(33,34)28-25-27-10-15-35-25)13-14-31(18)24(32)9-12-29-11-8-19-16-20(26)2-7-23(19)29;1-18(2)24(19-3-5-20(26)6-4-19)25(32)31-15-13-30(14-16-31)21-7-9-22(10-8-21)35(33,34)29-23-11-12-27-17-28-23;1-17-14-28(21-5-3-2-4-20(17)21)15-22(30)27-11-12-29(23(31)16-27)18-6-8-19(9-7-18)35(32,33)26-24-25-10-13-34-24;;;;/h2-8,10-11,15-16,18H,9,12-14,17H2,1H3,(H,27,28);3-12,17-18,24H,13-16H2,1-2H3,(H,27,28,29);2-10,13-14H,11-12,15-16H2,1H3,(H,25,26);1H3;3*1H. The number of anilines is 6. The molecule has 0 aliphatic carbocycles. The van der Waals surface area contributed by atoms with Crippen LogP contribution < -0.4 is 35.0 Å². The van der Waals surface area contributed by atoms with Crippen LogP contribution in [0.1, 0.15) is 48.5 Å². The molecule has 8 heterocycles. The molecule has 3 aliphatic heterocycles. The monoisotopic (exact) mass is 1590 g/mol. The average Bonchev–Trinajstić information content (AvgIpc) is 0.896. The molecular weight excluding hydrogens is 1500 g/mol. The van der Waals surface area contributed by atoms with Crippen LogP contribution in [-0.2, 0) is 62.3 Å². The van der Waals surface area contributed by atoms with Crippen molar-refractivity contribution in [2.75, 3.05) is 94.3 Å². The van der Waals surface area contributed by atoms with Crippen molar-refractivity contribution in [2.24, 2.45) is 5.92 Å². The van der Waals surface area contributed by atoms with Gasteiger partial charge in [0, 0.05) is 173 Å². The third kappa shape index (κ3) is 19.1. The largest absolute Gasteiger partial charge is 0.368 e. The van der Waals surface area contributed by atoms with Crippen molar-refractivity contribution < 1.29 is 48.7 Å². The van der Waals surface area contributed by atoms with Gasteiger partial charge in [0.2, 0.25) is 23.6 Å². The van der Waals surface area contributed by atoms with Crippen molar-refractivity contribution >= 4 is 155 Å². The van der Waals surface area contributed by atoms with E-state index >= 15 is 0 Å². The third-order valence-corrected chi connectivity index (χ3v) is 24.7. The first-order valence-corrected chi connectivity index (χ1v) is 41.0. The molecule has 14 rings (SSSR count). The van der Waals surface area contributed by atoms with Gasteiger partial charge in [-0.25, -0.2) is 45.2 Å². The molecule has 566 valence electrons. The van der Waals surface area contributed by atoms with Crippen molar-refractivity contribution in [1.29, 1.82) is 0 Å². The van der Waals surface area contributed by atoms with E-state index < -0.39 is 30.1 Å². The van der Waals surface area contributed by atoms with Gasteiger partial charge in [0.05, 0.1) is 20.6 Å². The number of hydrogen-bond donors (Lipinski definition) is 4. The van der Waals surface area contributed by atoms with E-state index in [0.29, 0.717) is 92.7 Å². The van der Waals surface area contributed by atoms with E-state index in [1.807, 2.05) is 126 Å². The quantitative estimate of drug-likeness (QED) is 0.0551. The highest BCUT2D eigenvalue weighted by Crippen LogP contribution is 2.32. The highest BCUT2D eigenvalue weighted by atomic mass is 35.5. The fourth-order valence-corrected chi connectivity index (χ4v) is 17.9. The fourth-order valence-electron chi connectivity index (χ4n) is 13.0. The number of para-hydroxylation sites is 1. The maximum absolute atomic E-state index is 13.4. The molecule has 4 amide bonds. The van der Waals surface area contributed by atoms with Crippen LogP contribution in [0.3, 0.4) is 0 Å². The van der Waals surface area contributed by atoms with Crippen molar-refractivity contribution in [1.82, 2.24) is 49.9 Å². The molecule has 0 saturated carbocycles. The number of piperazine rings is 3. The van der Waals surface area contributed by atoms with Gasteiger partial charge in [-0.15, -0.1) is 22.7 Å². The number of aromatic nitrogens is 6. The summed E-state index contributed by atoms with van der Waals surface area (Å²) in [6, 6.07) is 44.4. The lowest BCUT2D eigenvalue weighted by Gasteiger charge is -2.41. The normalized spacial score (nSPS) is 15.2. The molecule has 5 aromatic heterocycles. The number of carbonyl (C=O) groups is 4. The maximum atomic E-state index is 13.4. The van der Waals surface area contributed by atoms with Crippen LogP contribution in [0.4, 0.5) is 33.1 Å². The van der Waals surface area contributed by atoms with Crippen LogP contribution in [0.5, 0.6) is 0 Å². The second kappa shape index (κ2) is 34.3. The number of fused-ring (bicyclic) bond motifs is 2. The second-order valence-corrected chi connectivity index (χ2v) is 33.5. The molecule has 0 spiro atoms. The summed E-state index contributed by atoms with van der Waals surface area (Å²) in [7, 11) is -11.2. The summed E-state index contributed by atoms with van der Waals surface area (Å²) in [5, 5.41) is 7.54. The third-order valence-electron chi connectivity index (χ3n) is 18.5. The minimum absolute atomic E-state index is 0. The summed E-state index contributed by atoms with van der Waals surface area (Å²) in [4.78, 5) is 79.5. The van der Waals surface area contributed by atoms with E-state index in [0.717, 1.165) is 44.3 Å². The van der Waals surface area contributed by atoms with Gasteiger partial charge >= 0.3 is 0 Å². The molecule has 3 fully saturated rings. The van der Waals surface area contributed by atoms with Crippen molar-refractivity contribution in [2.45, 2.75) is 73.9 Å². The fraction of sp³-hybridized carbons (Fsp3) is 0.270. The molecule has 3 saturated heterocycles. The summed E-state index contributed by atoms with van der Waals surface area (Å²) in [5.74, 6) is 0.0796. The molecule has 26 nitrogen and oxygen atoms in total. The molecule has 0 bridgehead atoms. The number of sulfonamides is 3. The van der Waals surface area contributed by atoms with Crippen LogP contribution in [0.2, 0.25) is 10.0 Å². The van der Waals surface area contributed by atoms with Gasteiger partial charge in [-0.3, -0.25) is 33.3 Å². The Bertz CT molecular complexity index is 5270. The van der Waals surface area contributed by atoms with E-state index in [1.54, 1.807) is 75.3 Å². The molecule has 2 atom stereocenters. The minimum atomic E-state index is -3.77. The van der Waals surface area contributed by atoms with Gasteiger partial charge < -0.3 is 44.7 Å². The SMILES string of the molecule is CC(C)C(C(=O)N1CCN(c2ccc(S(=O)(=O)Nc3ccncn3)cc2)CC1)c1ccc(Cl)cc1.CC1CN(c2ccc(S(=O)(=O)Nc3nccs3)cc2)CCN1C(=O)CCn1ccc2cc(Cl)ccc21.Cc1cn(CC(=O)N2CCN(c3ccc(S(=O)(=O)Nc4nccs4)cc3)C(=O)C2)c2ccccc12.N.[HH].[HH].[HH]. The lowest BCUT2D eigenvalue weighted by Crippen LogP contribution is -2.54. The Morgan fingerprint density at radius 1 is 0.598 bits per heavy atom. The second-order valence-electron chi connectivity index (χ2n) is 25.8. The number of benzene rings is 6. The molecule has 11 aromatic rings. The van der Waals surface area contributed by atoms with Crippen molar-refractivity contribution in [3.05, 3.63) is 221 Å². The molecule has 107 heavy (non-hydrogen) atoms. The lowest BCUT2D eigenvalue weighted by molar-refractivity contribution is -0.137. The summed E-state index contributed by atoms with van der Waals surface area (Å²) >= 11 is 14.5. The highest BCUT2D eigenvalue weighted by molar-refractivity contribution is 7.93. The van der Waals surface area contributed by atoms with Crippen molar-refractivity contribution in [3.63, 3.8) is 0 Å². The lowest BCUT2D eigenvalue weighted by atomic mass is 9.87. The number of rotatable bonds is 20. The van der Waals surface area contributed by atoms with Gasteiger partial charge in [-0.2, -0.15) is 0 Å². The van der Waals surface area contributed by atoms with E-state index in [4.69, 9.17) is 23.2 Å². The van der Waals surface area contributed by atoms with Gasteiger partial charge in [0.15, 0.2) is 10.3 Å². The number of aryl methyl sites for hydroxylation is 2. The predicted molar refractivity (Wildman–Crippen MR) is 428 cm³/mol. The molecule has 33 heteroatoms. The molecule has 2 unspecified atom stereocenters. The van der Waals surface area contributed by atoms with E-state index in [-0.39, 0.29) is 90.7 Å². The van der Waals surface area contributed by atoms with Crippen LogP contribution in [0, 0.1) is 12.8 Å². The summed E-state index contributed by atoms with van der Waals surface area (Å²) in [5.41, 5.74) is 6.56. The average molecular weight is 1590 g/mol. The summed E-state index contributed by atoms with van der Waals surface area (Å²) in [6.45, 7) is 14.2. The zero-order chi connectivity index (χ0) is 74.9. The Hall–Kier alpha value is -9.99. The van der Waals surface area contributed by atoms with Gasteiger partial charge in [0.25, 0.3) is 30.1 Å². The molecular formula is C74H86Cl2N16O10S5. The van der Waals surface area contributed by atoms with Gasteiger partial charge in [0.1, 0.15) is 25.2 Å². The number of amides is 4. The van der Waals surface area contributed by atoms with E-state index in [2.05, 4.69) is 62.3 Å². The Morgan fingerprint density at radius 3 is 1.74 bits per heavy atom. The minimum Gasteiger partial charge on any atom is -0.368 e.